The molecule has 1 fully saturated rings. The molecule has 3 rings (SSSR count). The molecule has 0 aromatic heterocycles. The largest absolute Gasteiger partial charge is 0.497 e. The van der Waals surface area contributed by atoms with E-state index in [-0.39, 0.29) is 0 Å². The molecule has 0 bridgehead atoms. The highest BCUT2D eigenvalue weighted by atomic mass is 16.5. The molecule has 0 amide bonds. The fraction of sp³-hybridized carbons (Fsp3) is 0.571. The Morgan fingerprint density at radius 3 is 3.00 bits per heavy atom. The summed E-state index contributed by atoms with van der Waals surface area (Å²) in [6.07, 6.45) is 2.57. The molecule has 16 heavy (non-hydrogen) atoms. The molecule has 1 saturated heterocycles. The fourth-order valence-corrected chi connectivity index (χ4v) is 3.36. The van der Waals surface area contributed by atoms with Crippen LogP contribution in [0.1, 0.15) is 23.5 Å². The van der Waals surface area contributed by atoms with Gasteiger partial charge in [0.2, 0.25) is 0 Å². The number of benzene rings is 1. The predicted molar refractivity (Wildman–Crippen MR) is 65.0 cm³/mol. The third-order valence-corrected chi connectivity index (χ3v) is 4.16. The van der Waals surface area contributed by atoms with Gasteiger partial charge in [0, 0.05) is 19.0 Å². The van der Waals surface area contributed by atoms with Crippen molar-refractivity contribution in [3.05, 3.63) is 29.3 Å². The molecule has 1 heterocycles. The van der Waals surface area contributed by atoms with Crippen LogP contribution in [-0.4, -0.2) is 32.1 Å². The Morgan fingerprint density at radius 2 is 2.19 bits per heavy atom. The van der Waals surface area contributed by atoms with Crippen LogP contribution in [0.25, 0.3) is 0 Å². The summed E-state index contributed by atoms with van der Waals surface area (Å²) in [5.74, 6) is 2.65. The summed E-state index contributed by atoms with van der Waals surface area (Å²) in [6.45, 7) is 2.50. The summed E-state index contributed by atoms with van der Waals surface area (Å²) in [4.78, 5) is 2.47. The number of methoxy groups -OCH3 is 1. The summed E-state index contributed by atoms with van der Waals surface area (Å²) in [5, 5.41) is 0. The SMILES string of the molecule is COc1ccc2c(c1)CC[C@@H]1CN(C)C[C@H]21. The highest BCUT2D eigenvalue weighted by Crippen LogP contribution is 2.41. The van der Waals surface area contributed by atoms with Crippen LogP contribution in [0.5, 0.6) is 5.75 Å². The van der Waals surface area contributed by atoms with E-state index < -0.39 is 0 Å². The van der Waals surface area contributed by atoms with Gasteiger partial charge in [-0.3, -0.25) is 0 Å². The monoisotopic (exact) mass is 217 g/mol. The van der Waals surface area contributed by atoms with Crippen LogP contribution in [0, 0.1) is 5.92 Å². The Hall–Kier alpha value is -1.02. The van der Waals surface area contributed by atoms with E-state index in [9.17, 15) is 0 Å². The van der Waals surface area contributed by atoms with Crippen molar-refractivity contribution in [1.29, 1.82) is 0 Å². The maximum absolute atomic E-state index is 5.30. The fourth-order valence-electron chi connectivity index (χ4n) is 3.36. The van der Waals surface area contributed by atoms with Crippen LogP contribution >= 0.6 is 0 Å². The second-order valence-electron chi connectivity index (χ2n) is 5.19. The number of likely N-dealkylation sites (N-methyl/N-ethyl adjacent to an activating group) is 1. The lowest BCUT2D eigenvalue weighted by Gasteiger charge is -2.27. The zero-order valence-electron chi connectivity index (χ0n) is 10.1. The maximum atomic E-state index is 5.30. The first-order chi connectivity index (χ1) is 7.78. The standard InChI is InChI=1S/C14H19NO/c1-15-8-11-4-3-10-7-12(16-2)5-6-13(10)14(11)9-15/h5-7,11,14H,3-4,8-9H2,1-2H3/t11-,14+/m1/s1. The van der Waals surface area contributed by atoms with Crippen molar-refractivity contribution >= 4 is 0 Å². The third-order valence-electron chi connectivity index (χ3n) is 4.16. The Labute approximate surface area is 97.2 Å². The number of rotatable bonds is 1. The Kier molecular flexibility index (Phi) is 2.40. The molecule has 0 N–H and O–H groups in total. The molecule has 1 aliphatic heterocycles. The summed E-state index contributed by atoms with van der Waals surface area (Å²) < 4.78 is 5.30. The first-order valence-corrected chi connectivity index (χ1v) is 6.13. The zero-order chi connectivity index (χ0) is 11.1. The topological polar surface area (TPSA) is 12.5 Å². The van der Waals surface area contributed by atoms with E-state index in [0.717, 1.165) is 17.6 Å². The molecular formula is C14H19NO. The average molecular weight is 217 g/mol. The Morgan fingerprint density at radius 1 is 1.31 bits per heavy atom. The number of hydrogen-bond acceptors (Lipinski definition) is 2. The van der Waals surface area contributed by atoms with Gasteiger partial charge in [0.1, 0.15) is 5.75 Å². The molecule has 86 valence electrons. The summed E-state index contributed by atoms with van der Waals surface area (Å²) in [7, 11) is 3.98. The summed E-state index contributed by atoms with van der Waals surface area (Å²) >= 11 is 0. The van der Waals surface area contributed by atoms with Gasteiger partial charge in [-0.1, -0.05) is 6.07 Å². The van der Waals surface area contributed by atoms with Crippen molar-refractivity contribution in [2.75, 3.05) is 27.2 Å². The molecule has 1 aromatic carbocycles. The van der Waals surface area contributed by atoms with Crippen molar-refractivity contribution in [1.82, 2.24) is 4.90 Å². The molecule has 0 spiro atoms. The van der Waals surface area contributed by atoms with Crippen LogP contribution < -0.4 is 4.74 Å². The van der Waals surface area contributed by atoms with Gasteiger partial charge in [0.15, 0.2) is 0 Å². The number of ether oxygens (including phenoxy) is 1. The number of nitrogens with zero attached hydrogens (tertiary/aromatic N) is 1. The van der Waals surface area contributed by atoms with Gasteiger partial charge in [0.25, 0.3) is 0 Å². The molecule has 2 nitrogen and oxygen atoms in total. The molecule has 1 aromatic rings. The number of aryl methyl sites for hydroxylation is 1. The highest BCUT2D eigenvalue weighted by Gasteiger charge is 2.35. The lowest BCUT2D eigenvalue weighted by atomic mass is 9.77. The van der Waals surface area contributed by atoms with Gasteiger partial charge in [-0.15, -0.1) is 0 Å². The van der Waals surface area contributed by atoms with E-state index in [0.29, 0.717) is 0 Å². The van der Waals surface area contributed by atoms with Crippen LogP contribution in [0.4, 0.5) is 0 Å². The van der Waals surface area contributed by atoms with E-state index in [1.54, 1.807) is 12.7 Å². The second-order valence-corrected chi connectivity index (χ2v) is 5.19. The smallest absolute Gasteiger partial charge is 0.119 e. The number of hydrogen-bond donors (Lipinski definition) is 0. The molecule has 0 unspecified atom stereocenters. The van der Waals surface area contributed by atoms with Gasteiger partial charge in [0.05, 0.1) is 7.11 Å². The normalized spacial score (nSPS) is 28.6. The minimum atomic E-state index is 0.764. The first kappa shape index (κ1) is 10.2. The molecule has 2 atom stereocenters. The van der Waals surface area contributed by atoms with Crippen molar-refractivity contribution in [3.8, 4) is 5.75 Å². The van der Waals surface area contributed by atoms with E-state index in [2.05, 4.69) is 30.1 Å². The predicted octanol–water partition coefficient (Wildman–Crippen LogP) is 2.29. The van der Waals surface area contributed by atoms with Gasteiger partial charge in [-0.25, -0.2) is 0 Å². The molecule has 0 radical (unpaired) electrons. The highest BCUT2D eigenvalue weighted by molar-refractivity contribution is 5.40. The Bertz CT molecular complexity index is 402. The van der Waals surface area contributed by atoms with Crippen molar-refractivity contribution in [3.63, 3.8) is 0 Å². The van der Waals surface area contributed by atoms with Crippen LogP contribution in [-0.2, 0) is 6.42 Å². The van der Waals surface area contributed by atoms with Gasteiger partial charge < -0.3 is 9.64 Å². The van der Waals surface area contributed by atoms with Crippen molar-refractivity contribution in [2.24, 2.45) is 5.92 Å². The van der Waals surface area contributed by atoms with Gasteiger partial charge in [-0.2, -0.15) is 0 Å². The molecule has 0 saturated carbocycles. The number of fused-ring (bicyclic) bond motifs is 3. The van der Waals surface area contributed by atoms with E-state index in [4.69, 9.17) is 4.74 Å². The van der Waals surface area contributed by atoms with Crippen molar-refractivity contribution in [2.45, 2.75) is 18.8 Å². The quantitative estimate of drug-likeness (QED) is 0.715. The third kappa shape index (κ3) is 1.52. The molecular weight excluding hydrogens is 198 g/mol. The first-order valence-electron chi connectivity index (χ1n) is 6.13. The maximum Gasteiger partial charge on any atom is 0.119 e. The molecule has 2 heteroatoms. The van der Waals surface area contributed by atoms with Crippen LogP contribution in [0.3, 0.4) is 0 Å². The van der Waals surface area contributed by atoms with E-state index in [1.165, 1.54) is 31.5 Å². The number of likely N-dealkylation sites (tertiary alicyclic amines) is 1. The summed E-state index contributed by atoms with van der Waals surface area (Å²) in [5.41, 5.74) is 3.08. The van der Waals surface area contributed by atoms with Crippen molar-refractivity contribution < 1.29 is 4.74 Å². The van der Waals surface area contributed by atoms with E-state index >= 15 is 0 Å². The lowest BCUT2D eigenvalue weighted by molar-refractivity contribution is 0.386. The minimum absolute atomic E-state index is 0.764. The lowest BCUT2D eigenvalue weighted by Crippen LogP contribution is -2.18. The zero-order valence-corrected chi connectivity index (χ0v) is 10.1. The van der Waals surface area contributed by atoms with Crippen LogP contribution in [0.2, 0.25) is 0 Å². The Balaban J connectivity index is 1.97. The van der Waals surface area contributed by atoms with Gasteiger partial charge in [-0.05, 0) is 49.1 Å². The summed E-state index contributed by atoms with van der Waals surface area (Å²) in [6, 6.07) is 6.62. The molecule has 2 aliphatic rings. The minimum Gasteiger partial charge on any atom is -0.497 e. The van der Waals surface area contributed by atoms with Gasteiger partial charge >= 0.3 is 0 Å². The van der Waals surface area contributed by atoms with Crippen LogP contribution in [0.15, 0.2) is 18.2 Å². The molecule has 1 aliphatic carbocycles. The average Bonchev–Trinajstić information content (AvgIpc) is 2.69. The second kappa shape index (κ2) is 3.77. The van der Waals surface area contributed by atoms with E-state index in [1.807, 2.05) is 0 Å².